The Morgan fingerprint density at radius 1 is 0.731 bits per heavy atom. The molecule has 0 bridgehead atoms. The molecule has 4 heteroatoms. The van der Waals surface area contributed by atoms with Gasteiger partial charge in [0.1, 0.15) is 6.54 Å². The molecule has 0 unspecified atom stereocenters. The molecule has 3 aromatic carbocycles. The highest BCUT2D eigenvalue weighted by molar-refractivity contribution is 6.07. The molecule has 1 saturated heterocycles. The molecule has 4 rings (SSSR count). The number of hydrogen-bond acceptors (Lipinski definition) is 3. The number of hydrogen-bond donors (Lipinski definition) is 0. The second-order valence-corrected chi connectivity index (χ2v) is 6.20. The Bertz CT molecular complexity index is 871. The van der Waals surface area contributed by atoms with E-state index >= 15 is 0 Å². The second-order valence-electron chi connectivity index (χ2n) is 6.20. The SMILES string of the molecule is O=C1CN(C(c2ccccc2)c2ccccc2)N1C(=O)c1ccccc1. The van der Waals surface area contributed by atoms with Crippen molar-refractivity contribution in [1.82, 2.24) is 10.0 Å². The predicted molar refractivity (Wildman–Crippen MR) is 99.1 cm³/mol. The van der Waals surface area contributed by atoms with E-state index < -0.39 is 0 Å². The molecule has 0 saturated carbocycles. The first-order valence-electron chi connectivity index (χ1n) is 8.54. The van der Waals surface area contributed by atoms with E-state index in [1.807, 2.05) is 71.7 Å². The molecule has 1 heterocycles. The lowest BCUT2D eigenvalue weighted by atomic mass is 9.97. The molecule has 3 aromatic rings. The highest BCUT2D eigenvalue weighted by Gasteiger charge is 2.44. The van der Waals surface area contributed by atoms with Gasteiger partial charge in [-0.15, -0.1) is 0 Å². The summed E-state index contributed by atoms with van der Waals surface area (Å²) < 4.78 is 0. The Hall–Kier alpha value is -3.24. The topological polar surface area (TPSA) is 40.6 Å². The van der Waals surface area contributed by atoms with E-state index in [-0.39, 0.29) is 24.4 Å². The zero-order valence-electron chi connectivity index (χ0n) is 14.2. The van der Waals surface area contributed by atoms with Crippen LogP contribution in [0.15, 0.2) is 91.0 Å². The minimum atomic E-state index is -0.293. The highest BCUT2D eigenvalue weighted by Crippen LogP contribution is 2.34. The average molecular weight is 342 g/mol. The van der Waals surface area contributed by atoms with E-state index in [1.54, 1.807) is 24.3 Å². The predicted octanol–water partition coefficient (Wildman–Crippen LogP) is 3.68. The molecule has 4 nitrogen and oxygen atoms in total. The molecule has 0 spiro atoms. The fourth-order valence-corrected chi connectivity index (χ4v) is 3.29. The quantitative estimate of drug-likeness (QED) is 0.679. The van der Waals surface area contributed by atoms with Crippen molar-refractivity contribution in [2.24, 2.45) is 0 Å². The van der Waals surface area contributed by atoms with Crippen molar-refractivity contribution in [1.29, 1.82) is 0 Å². The first-order valence-corrected chi connectivity index (χ1v) is 8.54. The zero-order chi connectivity index (χ0) is 17.9. The maximum Gasteiger partial charge on any atom is 0.275 e. The number of imide groups is 1. The smallest absolute Gasteiger partial charge is 0.271 e. The van der Waals surface area contributed by atoms with E-state index in [2.05, 4.69) is 0 Å². The normalized spacial score (nSPS) is 14.3. The Morgan fingerprint density at radius 2 is 1.19 bits per heavy atom. The summed E-state index contributed by atoms with van der Waals surface area (Å²) in [4.78, 5) is 25.2. The third kappa shape index (κ3) is 2.91. The van der Waals surface area contributed by atoms with Crippen molar-refractivity contribution in [2.75, 3.05) is 6.54 Å². The molecule has 26 heavy (non-hydrogen) atoms. The molecule has 128 valence electrons. The van der Waals surface area contributed by atoms with Gasteiger partial charge in [-0.3, -0.25) is 9.59 Å². The van der Waals surface area contributed by atoms with Crippen LogP contribution >= 0.6 is 0 Å². The van der Waals surface area contributed by atoms with Crippen LogP contribution in [0.25, 0.3) is 0 Å². The maximum atomic E-state index is 12.9. The number of carbonyl (C=O) groups is 2. The number of amides is 2. The van der Waals surface area contributed by atoms with Crippen LogP contribution in [0.4, 0.5) is 0 Å². The molecule has 1 fully saturated rings. The summed E-state index contributed by atoms with van der Waals surface area (Å²) in [6.45, 7) is 0.215. The first kappa shape index (κ1) is 16.2. The van der Waals surface area contributed by atoms with Crippen LogP contribution in [-0.4, -0.2) is 28.4 Å². The Kier molecular flexibility index (Phi) is 4.33. The van der Waals surface area contributed by atoms with E-state index in [9.17, 15) is 9.59 Å². The zero-order valence-corrected chi connectivity index (χ0v) is 14.2. The third-order valence-corrected chi connectivity index (χ3v) is 4.53. The van der Waals surface area contributed by atoms with E-state index in [0.29, 0.717) is 5.56 Å². The van der Waals surface area contributed by atoms with Crippen molar-refractivity contribution < 1.29 is 9.59 Å². The minimum absolute atomic E-state index is 0.185. The summed E-state index contributed by atoms with van der Waals surface area (Å²) in [6.07, 6.45) is 0. The Morgan fingerprint density at radius 3 is 1.65 bits per heavy atom. The van der Waals surface area contributed by atoms with Gasteiger partial charge in [0.15, 0.2) is 0 Å². The standard InChI is InChI=1S/C22H18N2O2/c25-20-16-23(24(20)22(26)19-14-8-3-9-15-19)21(17-10-4-1-5-11-17)18-12-6-2-7-13-18/h1-15,21H,16H2. The first-order chi connectivity index (χ1) is 12.8. The molecule has 0 atom stereocenters. The molecular weight excluding hydrogens is 324 g/mol. The number of nitrogens with zero attached hydrogens (tertiary/aromatic N) is 2. The van der Waals surface area contributed by atoms with Crippen molar-refractivity contribution in [3.05, 3.63) is 108 Å². The van der Waals surface area contributed by atoms with Gasteiger partial charge in [-0.2, -0.15) is 5.01 Å². The van der Waals surface area contributed by atoms with Gasteiger partial charge in [-0.1, -0.05) is 78.9 Å². The van der Waals surface area contributed by atoms with Crippen LogP contribution in [0.1, 0.15) is 27.5 Å². The van der Waals surface area contributed by atoms with Crippen LogP contribution < -0.4 is 0 Å². The van der Waals surface area contributed by atoms with Crippen LogP contribution in [0.2, 0.25) is 0 Å². The molecule has 0 N–H and O–H groups in total. The van der Waals surface area contributed by atoms with Crippen LogP contribution in [0, 0.1) is 0 Å². The lowest BCUT2D eigenvalue weighted by molar-refractivity contribution is -0.171. The fraction of sp³-hybridized carbons (Fsp3) is 0.0909. The summed E-state index contributed by atoms with van der Waals surface area (Å²) in [6, 6.07) is 28.6. The van der Waals surface area contributed by atoms with Crippen molar-refractivity contribution >= 4 is 11.8 Å². The van der Waals surface area contributed by atoms with Crippen molar-refractivity contribution in [2.45, 2.75) is 6.04 Å². The monoisotopic (exact) mass is 342 g/mol. The van der Waals surface area contributed by atoms with Gasteiger partial charge in [0.05, 0.1) is 6.04 Å². The molecule has 2 amide bonds. The van der Waals surface area contributed by atoms with E-state index in [0.717, 1.165) is 11.1 Å². The van der Waals surface area contributed by atoms with Gasteiger partial charge in [-0.05, 0) is 23.3 Å². The van der Waals surface area contributed by atoms with Crippen LogP contribution in [0.5, 0.6) is 0 Å². The van der Waals surface area contributed by atoms with Crippen molar-refractivity contribution in [3.8, 4) is 0 Å². The molecule has 0 aromatic heterocycles. The summed E-state index contributed by atoms with van der Waals surface area (Å²) in [5, 5.41) is 3.10. The lowest BCUT2D eigenvalue weighted by Crippen LogP contribution is -2.64. The Balaban J connectivity index is 1.72. The van der Waals surface area contributed by atoms with Crippen LogP contribution in [-0.2, 0) is 4.79 Å². The van der Waals surface area contributed by atoms with Gasteiger partial charge >= 0.3 is 0 Å². The van der Waals surface area contributed by atoms with Gasteiger partial charge in [0.2, 0.25) is 0 Å². The maximum absolute atomic E-state index is 12.9. The summed E-state index contributed by atoms with van der Waals surface area (Å²) in [7, 11) is 0. The Labute approximate surface area is 152 Å². The molecular formula is C22H18N2O2. The number of benzene rings is 3. The largest absolute Gasteiger partial charge is 0.275 e. The molecule has 1 aliphatic heterocycles. The molecule has 0 aliphatic carbocycles. The average Bonchev–Trinajstić information content (AvgIpc) is 2.70. The van der Waals surface area contributed by atoms with Gasteiger partial charge in [0.25, 0.3) is 11.8 Å². The lowest BCUT2D eigenvalue weighted by Gasteiger charge is -2.46. The highest BCUT2D eigenvalue weighted by atomic mass is 16.2. The van der Waals surface area contributed by atoms with E-state index in [4.69, 9.17) is 0 Å². The number of carbonyl (C=O) groups excluding carboxylic acids is 2. The summed E-state index contributed by atoms with van der Waals surface area (Å²) in [5.41, 5.74) is 2.58. The van der Waals surface area contributed by atoms with Gasteiger partial charge < -0.3 is 0 Å². The summed E-state index contributed by atoms with van der Waals surface area (Å²) in [5.74, 6) is -0.477. The minimum Gasteiger partial charge on any atom is -0.271 e. The number of hydrazine groups is 1. The molecule has 1 aliphatic rings. The van der Waals surface area contributed by atoms with E-state index in [1.165, 1.54) is 5.01 Å². The molecule has 0 radical (unpaired) electrons. The number of rotatable bonds is 4. The third-order valence-electron chi connectivity index (χ3n) is 4.53. The summed E-state index contributed by atoms with van der Waals surface area (Å²) >= 11 is 0. The fourth-order valence-electron chi connectivity index (χ4n) is 3.29. The van der Waals surface area contributed by atoms with Crippen LogP contribution in [0.3, 0.4) is 0 Å². The second kappa shape index (κ2) is 6.94. The van der Waals surface area contributed by atoms with Crippen molar-refractivity contribution in [3.63, 3.8) is 0 Å². The van der Waals surface area contributed by atoms with Gasteiger partial charge in [0, 0.05) is 5.56 Å². The van der Waals surface area contributed by atoms with Gasteiger partial charge in [-0.25, -0.2) is 5.01 Å².